The minimum atomic E-state index is 0.0425. The average Bonchev–Trinajstić information content (AvgIpc) is 2.93. The molecule has 2 rings (SSSR count). The van der Waals surface area contributed by atoms with Gasteiger partial charge < -0.3 is 4.74 Å². The van der Waals surface area contributed by atoms with Crippen molar-refractivity contribution in [3.8, 4) is 5.75 Å². The summed E-state index contributed by atoms with van der Waals surface area (Å²) >= 11 is 0. The summed E-state index contributed by atoms with van der Waals surface area (Å²) in [5.41, 5.74) is 0.787. The minimum Gasteiger partial charge on any atom is -0.497 e. The van der Waals surface area contributed by atoms with Gasteiger partial charge >= 0.3 is 0 Å². The van der Waals surface area contributed by atoms with Gasteiger partial charge in [-0.2, -0.15) is 0 Å². The molecule has 1 aliphatic heterocycles. The van der Waals surface area contributed by atoms with Gasteiger partial charge in [0.15, 0.2) is 5.78 Å². The quantitative estimate of drug-likeness (QED) is 0.749. The standard InChI is InChI=1S/C15H21NO2/c1-3-14(16-10-4-5-11-16)15(17)12-6-8-13(18-2)9-7-12/h6-9,14H,3-5,10-11H2,1-2H3. The molecule has 1 unspecified atom stereocenters. The number of rotatable bonds is 5. The Labute approximate surface area is 109 Å². The predicted octanol–water partition coefficient (Wildman–Crippen LogP) is 2.75. The second-order valence-corrected chi connectivity index (χ2v) is 4.76. The third kappa shape index (κ3) is 2.72. The van der Waals surface area contributed by atoms with E-state index < -0.39 is 0 Å². The number of likely N-dealkylation sites (tertiary alicyclic amines) is 1. The van der Waals surface area contributed by atoms with Crippen LogP contribution < -0.4 is 4.74 Å². The Morgan fingerprint density at radius 3 is 2.39 bits per heavy atom. The lowest BCUT2D eigenvalue weighted by Crippen LogP contribution is -2.38. The first kappa shape index (κ1) is 13.1. The number of Topliss-reactive ketones (excluding diaryl/α,β-unsaturated/α-hetero) is 1. The molecule has 0 radical (unpaired) electrons. The van der Waals surface area contributed by atoms with Crippen molar-refractivity contribution in [1.29, 1.82) is 0 Å². The zero-order valence-corrected chi connectivity index (χ0v) is 11.2. The number of carbonyl (C=O) groups is 1. The summed E-state index contributed by atoms with van der Waals surface area (Å²) in [4.78, 5) is 14.8. The maximum atomic E-state index is 12.5. The van der Waals surface area contributed by atoms with Crippen LogP contribution in [0.5, 0.6) is 5.75 Å². The molecule has 1 aliphatic rings. The molecule has 0 saturated carbocycles. The monoisotopic (exact) mass is 247 g/mol. The fraction of sp³-hybridized carbons (Fsp3) is 0.533. The molecule has 1 atom stereocenters. The molecule has 0 amide bonds. The number of nitrogens with zero attached hydrogens (tertiary/aromatic N) is 1. The Kier molecular flexibility index (Phi) is 4.37. The van der Waals surface area contributed by atoms with E-state index in [4.69, 9.17) is 4.74 Å². The number of ether oxygens (including phenoxy) is 1. The largest absolute Gasteiger partial charge is 0.497 e. The lowest BCUT2D eigenvalue weighted by Gasteiger charge is -2.25. The zero-order chi connectivity index (χ0) is 13.0. The highest BCUT2D eigenvalue weighted by atomic mass is 16.5. The van der Waals surface area contributed by atoms with Crippen LogP contribution in [-0.2, 0) is 0 Å². The van der Waals surface area contributed by atoms with Crippen molar-refractivity contribution in [2.45, 2.75) is 32.2 Å². The first-order valence-electron chi connectivity index (χ1n) is 6.68. The predicted molar refractivity (Wildman–Crippen MR) is 72.2 cm³/mol. The number of ketones is 1. The van der Waals surface area contributed by atoms with Crippen LogP contribution in [0, 0.1) is 0 Å². The molecule has 0 aliphatic carbocycles. The lowest BCUT2D eigenvalue weighted by molar-refractivity contribution is 0.0844. The smallest absolute Gasteiger partial charge is 0.179 e. The van der Waals surface area contributed by atoms with Gasteiger partial charge in [-0.25, -0.2) is 0 Å². The molecule has 98 valence electrons. The summed E-state index contributed by atoms with van der Waals surface area (Å²) in [6.45, 7) is 4.20. The van der Waals surface area contributed by atoms with Gasteiger partial charge in [0.2, 0.25) is 0 Å². The van der Waals surface area contributed by atoms with Gasteiger partial charge in [0.05, 0.1) is 13.2 Å². The van der Waals surface area contributed by atoms with Crippen LogP contribution in [0.3, 0.4) is 0 Å². The van der Waals surface area contributed by atoms with Crippen LogP contribution in [-0.4, -0.2) is 36.9 Å². The van der Waals surface area contributed by atoms with Crippen LogP contribution >= 0.6 is 0 Å². The molecular weight excluding hydrogens is 226 g/mol. The number of carbonyl (C=O) groups excluding carboxylic acids is 1. The number of methoxy groups -OCH3 is 1. The summed E-state index contributed by atoms with van der Waals surface area (Å²) < 4.78 is 5.11. The van der Waals surface area contributed by atoms with Crippen molar-refractivity contribution in [3.63, 3.8) is 0 Å². The molecule has 18 heavy (non-hydrogen) atoms. The highest BCUT2D eigenvalue weighted by Gasteiger charge is 2.27. The molecule has 0 spiro atoms. The zero-order valence-electron chi connectivity index (χ0n) is 11.2. The van der Waals surface area contributed by atoms with Crippen LogP contribution in [0.2, 0.25) is 0 Å². The van der Waals surface area contributed by atoms with E-state index in [2.05, 4.69) is 11.8 Å². The van der Waals surface area contributed by atoms with E-state index >= 15 is 0 Å². The van der Waals surface area contributed by atoms with Gasteiger partial charge in [-0.05, 0) is 56.6 Å². The topological polar surface area (TPSA) is 29.5 Å². The Morgan fingerprint density at radius 1 is 1.28 bits per heavy atom. The van der Waals surface area contributed by atoms with Crippen molar-refractivity contribution in [3.05, 3.63) is 29.8 Å². The fourth-order valence-electron chi connectivity index (χ4n) is 2.61. The number of hydrogen-bond acceptors (Lipinski definition) is 3. The van der Waals surface area contributed by atoms with Gasteiger partial charge in [0.1, 0.15) is 5.75 Å². The summed E-state index contributed by atoms with van der Waals surface area (Å²) in [6.07, 6.45) is 3.31. The summed E-state index contributed by atoms with van der Waals surface area (Å²) in [6, 6.07) is 7.47. The van der Waals surface area contributed by atoms with E-state index in [-0.39, 0.29) is 11.8 Å². The molecule has 0 aromatic heterocycles. The van der Waals surface area contributed by atoms with Gasteiger partial charge in [-0.3, -0.25) is 9.69 Å². The Bertz CT molecular complexity index is 393. The van der Waals surface area contributed by atoms with Crippen LogP contribution in [0.15, 0.2) is 24.3 Å². The third-order valence-electron chi connectivity index (χ3n) is 3.65. The molecule has 3 nitrogen and oxygen atoms in total. The molecule has 0 N–H and O–H groups in total. The second kappa shape index (κ2) is 6.01. The first-order chi connectivity index (χ1) is 8.76. The van der Waals surface area contributed by atoms with E-state index in [1.807, 2.05) is 24.3 Å². The molecular formula is C15H21NO2. The second-order valence-electron chi connectivity index (χ2n) is 4.76. The van der Waals surface area contributed by atoms with Crippen LogP contribution in [0.1, 0.15) is 36.5 Å². The Morgan fingerprint density at radius 2 is 1.89 bits per heavy atom. The maximum absolute atomic E-state index is 12.5. The first-order valence-corrected chi connectivity index (χ1v) is 6.68. The SMILES string of the molecule is CCC(C(=O)c1ccc(OC)cc1)N1CCCC1. The average molecular weight is 247 g/mol. The van der Waals surface area contributed by atoms with E-state index in [0.29, 0.717) is 0 Å². The molecule has 3 heteroatoms. The van der Waals surface area contributed by atoms with Gasteiger partial charge in [0.25, 0.3) is 0 Å². The Balaban J connectivity index is 2.11. The van der Waals surface area contributed by atoms with Crippen molar-refractivity contribution >= 4 is 5.78 Å². The van der Waals surface area contributed by atoms with Crippen LogP contribution in [0.25, 0.3) is 0 Å². The van der Waals surface area contributed by atoms with E-state index in [0.717, 1.165) is 30.8 Å². The van der Waals surface area contributed by atoms with Crippen molar-refractivity contribution < 1.29 is 9.53 Å². The summed E-state index contributed by atoms with van der Waals surface area (Å²) in [5.74, 6) is 1.03. The highest BCUT2D eigenvalue weighted by molar-refractivity contribution is 6.00. The lowest BCUT2D eigenvalue weighted by atomic mass is 10.0. The van der Waals surface area contributed by atoms with Crippen molar-refractivity contribution in [2.75, 3.05) is 20.2 Å². The van der Waals surface area contributed by atoms with Gasteiger partial charge in [0, 0.05) is 5.56 Å². The van der Waals surface area contributed by atoms with Crippen molar-refractivity contribution in [1.82, 2.24) is 4.90 Å². The molecule has 0 bridgehead atoms. The number of benzene rings is 1. The third-order valence-corrected chi connectivity index (χ3v) is 3.65. The highest BCUT2D eigenvalue weighted by Crippen LogP contribution is 2.19. The maximum Gasteiger partial charge on any atom is 0.179 e. The van der Waals surface area contributed by atoms with E-state index in [9.17, 15) is 4.79 Å². The van der Waals surface area contributed by atoms with Crippen LogP contribution in [0.4, 0.5) is 0 Å². The molecule has 1 heterocycles. The normalized spacial score (nSPS) is 17.7. The minimum absolute atomic E-state index is 0.0425. The molecule has 1 aromatic carbocycles. The summed E-state index contributed by atoms with van der Waals surface area (Å²) in [5, 5.41) is 0. The van der Waals surface area contributed by atoms with E-state index in [1.165, 1.54) is 12.8 Å². The van der Waals surface area contributed by atoms with Gasteiger partial charge in [-0.15, -0.1) is 0 Å². The molecule has 1 aromatic rings. The van der Waals surface area contributed by atoms with Crippen molar-refractivity contribution in [2.24, 2.45) is 0 Å². The Hall–Kier alpha value is -1.35. The van der Waals surface area contributed by atoms with Gasteiger partial charge in [-0.1, -0.05) is 6.92 Å². The number of hydrogen-bond donors (Lipinski definition) is 0. The fourth-order valence-corrected chi connectivity index (χ4v) is 2.61. The molecule has 1 fully saturated rings. The van der Waals surface area contributed by atoms with E-state index in [1.54, 1.807) is 7.11 Å². The molecule has 1 saturated heterocycles. The summed E-state index contributed by atoms with van der Waals surface area (Å²) in [7, 11) is 1.63.